The van der Waals surface area contributed by atoms with Crippen molar-refractivity contribution in [3.8, 4) is 17.2 Å². The molecule has 268 valence electrons. The molecule has 0 spiro atoms. The Morgan fingerprint density at radius 1 is 0.863 bits per heavy atom. The van der Waals surface area contributed by atoms with E-state index in [4.69, 9.17) is 18.4 Å². The van der Waals surface area contributed by atoms with Gasteiger partial charge in [-0.2, -0.15) is 8.42 Å². The Morgan fingerprint density at radius 2 is 1.51 bits per heavy atom. The molecule has 51 heavy (non-hydrogen) atoms. The number of carbonyl (C=O) groups excluding carboxylic acids is 3. The van der Waals surface area contributed by atoms with Gasteiger partial charge in [-0.25, -0.2) is 9.59 Å². The molecule has 0 aliphatic carbocycles. The lowest BCUT2D eigenvalue weighted by atomic mass is 10.1. The van der Waals surface area contributed by atoms with Crippen LogP contribution >= 0.6 is 0 Å². The smallest absolute Gasteiger partial charge is 0.410 e. The average molecular weight is 717 g/mol. The van der Waals surface area contributed by atoms with Crippen molar-refractivity contribution in [3.05, 3.63) is 120 Å². The number of hydrogen-bond acceptors (Lipinski definition) is 10. The number of phenolic OH excluding ortho intramolecular Hbond substituents is 1. The number of aromatic hydroxyl groups is 1. The molecule has 0 aromatic heterocycles. The summed E-state index contributed by atoms with van der Waals surface area (Å²) in [5.74, 6) is -1.41. The van der Waals surface area contributed by atoms with Crippen LogP contribution in [-0.4, -0.2) is 67.2 Å². The Morgan fingerprint density at radius 3 is 2.22 bits per heavy atom. The highest BCUT2D eigenvalue weighted by Crippen LogP contribution is 2.31. The maximum Gasteiger partial charge on any atom is 0.410 e. The summed E-state index contributed by atoms with van der Waals surface area (Å²) in [6.07, 6.45) is -0.927. The van der Waals surface area contributed by atoms with Gasteiger partial charge in [0, 0.05) is 18.7 Å². The number of esters is 1. The van der Waals surface area contributed by atoms with E-state index in [2.05, 4.69) is 5.32 Å². The number of hydrogen-bond donors (Lipinski definition) is 2. The van der Waals surface area contributed by atoms with E-state index < -0.39 is 50.7 Å². The second-order valence-electron chi connectivity index (χ2n) is 12.9. The van der Waals surface area contributed by atoms with Gasteiger partial charge in [-0.15, -0.1) is 0 Å². The van der Waals surface area contributed by atoms with E-state index >= 15 is 0 Å². The molecule has 2 atom stereocenters. The molecule has 5 rings (SSSR count). The highest BCUT2D eigenvalue weighted by molar-refractivity contribution is 7.87. The predicted molar refractivity (Wildman–Crippen MR) is 187 cm³/mol. The lowest BCUT2D eigenvalue weighted by Gasteiger charge is -2.30. The Bertz CT molecular complexity index is 1940. The number of likely N-dealkylation sites (tertiary alicyclic amines) is 1. The van der Waals surface area contributed by atoms with E-state index in [-0.39, 0.29) is 54.5 Å². The topological polar surface area (TPSA) is 158 Å². The average Bonchev–Trinajstić information content (AvgIpc) is 3.29. The molecule has 4 aromatic carbocycles. The zero-order valence-electron chi connectivity index (χ0n) is 28.5. The maximum absolute atomic E-state index is 13.8. The van der Waals surface area contributed by atoms with Gasteiger partial charge < -0.3 is 33.7 Å². The van der Waals surface area contributed by atoms with E-state index in [1.807, 2.05) is 30.3 Å². The van der Waals surface area contributed by atoms with Gasteiger partial charge in [0.25, 0.3) is 5.91 Å². The summed E-state index contributed by atoms with van der Waals surface area (Å²) in [6, 6.07) is 25.8. The normalized spacial score (nSPS) is 16.3. The molecule has 0 saturated carbocycles. The Hall–Kier alpha value is -5.56. The van der Waals surface area contributed by atoms with Crippen molar-refractivity contribution in [2.24, 2.45) is 0 Å². The van der Waals surface area contributed by atoms with Crippen molar-refractivity contribution < 1.29 is 46.3 Å². The van der Waals surface area contributed by atoms with E-state index in [1.165, 1.54) is 59.5 Å². The summed E-state index contributed by atoms with van der Waals surface area (Å²) in [5, 5.41) is 12.5. The number of benzene rings is 4. The standard InChI is InChI=1S/C38H40N2O10S/c1-38(2,3)49-37(44)40-23-11-17-31(30(24-40)39-35(42)27-19-21-28(41)22-20-27)48-36(43)29-14-7-10-18-34(29)51(45,46)50-33-16-9-8-15-32(33)47-25-26-12-5-4-6-13-26/h4-10,12-16,18-22,30-31,41H,11,17,23-25H2,1-3H3,(H,39,42). The fraction of sp³-hybridized carbons (Fsp3) is 0.289. The maximum atomic E-state index is 13.8. The quantitative estimate of drug-likeness (QED) is 0.145. The van der Waals surface area contributed by atoms with Crippen LogP contribution in [0.1, 0.15) is 59.9 Å². The molecule has 0 radical (unpaired) electrons. The largest absolute Gasteiger partial charge is 0.508 e. The molecule has 1 heterocycles. The van der Waals surface area contributed by atoms with Gasteiger partial charge in [0.15, 0.2) is 11.5 Å². The van der Waals surface area contributed by atoms with Gasteiger partial charge in [-0.05, 0) is 87.7 Å². The first-order valence-corrected chi connectivity index (χ1v) is 17.8. The lowest BCUT2D eigenvalue weighted by molar-refractivity contribution is 0.0124. The van der Waals surface area contributed by atoms with Crippen LogP contribution in [0.15, 0.2) is 108 Å². The van der Waals surface area contributed by atoms with Gasteiger partial charge in [0.2, 0.25) is 0 Å². The summed E-state index contributed by atoms with van der Waals surface area (Å²) in [5.41, 5.74) is 0.0457. The summed E-state index contributed by atoms with van der Waals surface area (Å²) < 4.78 is 50.3. The zero-order valence-corrected chi connectivity index (χ0v) is 29.3. The molecule has 1 saturated heterocycles. The fourth-order valence-electron chi connectivity index (χ4n) is 5.36. The van der Waals surface area contributed by atoms with Gasteiger partial charge in [-0.3, -0.25) is 4.79 Å². The molecule has 13 heteroatoms. The molecule has 4 aromatic rings. The minimum atomic E-state index is -4.59. The monoisotopic (exact) mass is 716 g/mol. The highest BCUT2D eigenvalue weighted by Gasteiger charge is 2.36. The number of para-hydroxylation sites is 2. The summed E-state index contributed by atoms with van der Waals surface area (Å²) in [6.45, 7) is 5.59. The van der Waals surface area contributed by atoms with Gasteiger partial charge >= 0.3 is 22.2 Å². The van der Waals surface area contributed by atoms with Gasteiger partial charge in [0.05, 0.1) is 11.6 Å². The second-order valence-corrected chi connectivity index (χ2v) is 14.4. The Balaban J connectivity index is 1.37. The number of ether oxygens (including phenoxy) is 3. The van der Waals surface area contributed by atoms with Crippen LogP contribution in [-0.2, 0) is 26.2 Å². The number of phenols is 1. The van der Waals surface area contributed by atoms with E-state index in [9.17, 15) is 27.9 Å². The molecule has 1 aliphatic rings. The third-order valence-corrected chi connectivity index (χ3v) is 9.09. The first-order chi connectivity index (χ1) is 24.3. The van der Waals surface area contributed by atoms with Crippen LogP contribution in [0, 0.1) is 0 Å². The molecular weight excluding hydrogens is 676 g/mol. The summed E-state index contributed by atoms with van der Waals surface area (Å²) >= 11 is 0. The Kier molecular flexibility index (Phi) is 11.5. The number of amides is 2. The number of nitrogens with one attached hydrogen (secondary N) is 1. The van der Waals surface area contributed by atoms with Crippen molar-refractivity contribution in [3.63, 3.8) is 0 Å². The van der Waals surface area contributed by atoms with Crippen LogP contribution in [0.5, 0.6) is 17.2 Å². The number of rotatable bonds is 10. The first-order valence-electron chi connectivity index (χ1n) is 16.4. The molecular formula is C38H40N2O10S. The van der Waals surface area contributed by atoms with E-state index in [0.717, 1.165) is 5.56 Å². The second kappa shape index (κ2) is 16.0. The SMILES string of the molecule is CC(C)(C)OC(=O)N1CCCC(OC(=O)c2ccccc2S(=O)(=O)Oc2ccccc2OCc2ccccc2)C(NC(=O)c2ccc(O)cc2)C1. The van der Waals surface area contributed by atoms with Crippen molar-refractivity contribution in [1.82, 2.24) is 10.2 Å². The van der Waals surface area contributed by atoms with Gasteiger partial charge in [0.1, 0.15) is 29.0 Å². The van der Waals surface area contributed by atoms with Crippen molar-refractivity contribution in [1.29, 1.82) is 0 Å². The lowest BCUT2D eigenvalue weighted by Crippen LogP contribution is -2.51. The minimum absolute atomic E-state index is 0.0234. The van der Waals surface area contributed by atoms with Gasteiger partial charge in [-0.1, -0.05) is 54.6 Å². The van der Waals surface area contributed by atoms with Crippen LogP contribution < -0.4 is 14.2 Å². The molecule has 0 bridgehead atoms. The van der Waals surface area contributed by atoms with Crippen molar-refractivity contribution in [2.75, 3.05) is 13.1 Å². The zero-order chi connectivity index (χ0) is 36.6. The number of nitrogens with zero attached hydrogens (tertiary/aromatic N) is 1. The predicted octanol–water partition coefficient (Wildman–Crippen LogP) is 6.09. The number of carbonyl (C=O) groups is 3. The summed E-state index contributed by atoms with van der Waals surface area (Å²) in [4.78, 5) is 41.2. The van der Waals surface area contributed by atoms with Crippen LogP contribution in [0.3, 0.4) is 0 Å². The van der Waals surface area contributed by atoms with Crippen molar-refractivity contribution >= 4 is 28.1 Å². The highest BCUT2D eigenvalue weighted by atomic mass is 32.2. The van der Waals surface area contributed by atoms with Crippen LogP contribution in [0.4, 0.5) is 4.79 Å². The fourth-order valence-corrected chi connectivity index (χ4v) is 6.49. The first kappa shape index (κ1) is 36.7. The van der Waals surface area contributed by atoms with E-state index in [0.29, 0.717) is 6.42 Å². The third kappa shape index (κ3) is 10.0. The molecule has 2 N–H and O–H groups in total. The minimum Gasteiger partial charge on any atom is -0.508 e. The molecule has 1 aliphatic heterocycles. The summed E-state index contributed by atoms with van der Waals surface area (Å²) in [7, 11) is -4.59. The van der Waals surface area contributed by atoms with Crippen LogP contribution in [0.25, 0.3) is 0 Å². The van der Waals surface area contributed by atoms with Crippen molar-refractivity contribution in [2.45, 2.75) is 62.9 Å². The molecule has 2 amide bonds. The molecule has 12 nitrogen and oxygen atoms in total. The Labute approximate surface area is 297 Å². The van der Waals surface area contributed by atoms with Crippen LogP contribution in [0.2, 0.25) is 0 Å². The third-order valence-electron chi connectivity index (χ3n) is 7.80. The molecule has 2 unspecified atom stereocenters. The van der Waals surface area contributed by atoms with E-state index in [1.54, 1.807) is 39.0 Å². The molecule has 1 fully saturated rings.